The second-order valence-electron chi connectivity index (χ2n) is 5.77. The molecule has 1 aromatic carbocycles. The second kappa shape index (κ2) is 6.20. The van der Waals surface area contributed by atoms with Gasteiger partial charge in [0.05, 0.1) is 11.0 Å². The molecule has 0 spiro atoms. The van der Waals surface area contributed by atoms with Crippen LogP contribution in [0.2, 0.25) is 5.02 Å². The number of nitrogens with zero attached hydrogens (tertiary/aromatic N) is 2. The van der Waals surface area contributed by atoms with Gasteiger partial charge < -0.3 is 9.64 Å². The van der Waals surface area contributed by atoms with Crippen LogP contribution in [0.25, 0.3) is 0 Å². The third kappa shape index (κ3) is 3.14. The number of anilines is 1. The van der Waals surface area contributed by atoms with Crippen molar-refractivity contribution in [3.8, 4) is 0 Å². The Bertz CT molecular complexity index is 524. The predicted octanol–water partition coefficient (Wildman–Crippen LogP) is 3.64. The highest BCUT2D eigenvalue weighted by molar-refractivity contribution is 6.30. The molecule has 0 aromatic heterocycles. The molecule has 5 nitrogen and oxygen atoms in total. The van der Waals surface area contributed by atoms with Gasteiger partial charge in [-0.15, -0.1) is 0 Å². The first-order valence-corrected chi connectivity index (χ1v) is 7.83. The number of ether oxygens (including phenoxy) is 1. The summed E-state index contributed by atoms with van der Waals surface area (Å²) in [6, 6.07) is 4.91. The first-order chi connectivity index (χ1) is 10.1. The molecule has 21 heavy (non-hydrogen) atoms. The Labute approximate surface area is 129 Å². The van der Waals surface area contributed by atoms with Crippen LogP contribution in [0.1, 0.15) is 25.7 Å². The first kappa shape index (κ1) is 14.6. The maximum Gasteiger partial charge on any atom is 0.294 e. The Morgan fingerprint density at radius 3 is 2.67 bits per heavy atom. The van der Waals surface area contributed by atoms with E-state index in [0.29, 0.717) is 22.7 Å². The maximum absolute atomic E-state index is 11.2. The summed E-state index contributed by atoms with van der Waals surface area (Å²) < 4.78 is 5.77. The fraction of sp³-hybridized carbons (Fsp3) is 0.600. The molecule has 0 radical (unpaired) electrons. The quantitative estimate of drug-likeness (QED) is 0.631. The van der Waals surface area contributed by atoms with E-state index in [1.807, 2.05) is 0 Å². The Morgan fingerprint density at radius 2 is 2.05 bits per heavy atom. The average molecular weight is 311 g/mol. The van der Waals surface area contributed by atoms with Crippen molar-refractivity contribution in [2.75, 3.05) is 24.6 Å². The van der Waals surface area contributed by atoms with Gasteiger partial charge in [-0.3, -0.25) is 10.1 Å². The molecule has 0 bridgehead atoms. The van der Waals surface area contributed by atoms with Crippen LogP contribution in [0, 0.1) is 16.0 Å². The molecule has 2 aliphatic heterocycles. The van der Waals surface area contributed by atoms with Gasteiger partial charge in [0.15, 0.2) is 0 Å². The van der Waals surface area contributed by atoms with Gasteiger partial charge in [-0.05, 0) is 43.7 Å². The number of nitro benzene ring substituents is 1. The second-order valence-corrected chi connectivity index (χ2v) is 6.20. The number of hydrogen-bond acceptors (Lipinski definition) is 4. The molecule has 2 aliphatic rings. The van der Waals surface area contributed by atoms with Crippen molar-refractivity contribution >= 4 is 23.0 Å². The fourth-order valence-electron chi connectivity index (χ4n) is 3.40. The lowest BCUT2D eigenvalue weighted by atomic mass is 9.89. The Hall–Kier alpha value is -1.33. The summed E-state index contributed by atoms with van der Waals surface area (Å²) in [5.41, 5.74) is 0.772. The zero-order valence-electron chi connectivity index (χ0n) is 11.8. The van der Waals surface area contributed by atoms with Gasteiger partial charge in [-0.1, -0.05) is 11.6 Å². The number of nitro groups is 1. The van der Waals surface area contributed by atoms with E-state index in [1.165, 1.54) is 6.07 Å². The molecule has 0 N–H and O–H groups in total. The minimum absolute atomic E-state index is 0.0954. The van der Waals surface area contributed by atoms with Crippen molar-refractivity contribution < 1.29 is 9.66 Å². The van der Waals surface area contributed by atoms with Crippen molar-refractivity contribution in [3.05, 3.63) is 33.3 Å². The Morgan fingerprint density at radius 1 is 1.29 bits per heavy atom. The first-order valence-electron chi connectivity index (χ1n) is 7.45. The topological polar surface area (TPSA) is 55.6 Å². The van der Waals surface area contributed by atoms with Crippen molar-refractivity contribution in [3.63, 3.8) is 0 Å². The maximum atomic E-state index is 11.2. The average Bonchev–Trinajstić information content (AvgIpc) is 3.01. The Balaban J connectivity index is 1.70. The smallest absolute Gasteiger partial charge is 0.294 e. The molecule has 2 heterocycles. The van der Waals surface area contributed by atoms with Crippen molar-refractivity contribution in [1.82, 2.24) is 0 Å². The van der Waals surface area contributed by atoms with Gasteiger partial charge in [0.1, 0.15) is 5.69 Å². The van der Waals surface area contributed by atoms with Gasteiger partial charge in [0, 0.05) is 30.8 Å². The van der Waals surface area contributed by atoms with Gasteiger partial charge in [0.25, 0.3) is 5.69 Å². The van der Waals surface area contributed by atoms with Gasteiger partial charge in [0.2, 0.25) is 0 Å². The molecule has 0 aliphatic carbocycles. The molecule has 0 saturated carbocycles. The van der Waals surface area contributed by atoms with Gasteiger partial charge in [-0.25, -0.2) is 0 Å². The van der Waals surface area contributed by atoms with Crippen molar-refractivity contribution in [2.24, 2.45) is 5.92 Å². The van der Waals surface area contributed by atoms with Crippen LogP contribution in [-0.4, -0.2) is 30.7 Å². The van der Waals surface area contributed by atoms with E-state index in [9.17, 15) is 10.1 Å². The summed E-state index contributed by atoms with van der Waals surface area (Å²) in [6.45, 7) is 2.56. The van der Waals surface area contributed by atoms with Crippen LogP contribution in [0.3, 0.4) is 0 Å². The third-order valence-electron chi connectivity index (χ3n) is 4.51. The summed E-state index contributed by atoms with van der Waals surface area (Å²) in [5, 5.41) is 11.6. The summed E-state index contributed by atoms with van der Waals surface area (Å²) >= 11 is 5.87. The SMILES string of the molecule is O=[N+]([O-])c1cc(Cl)ccc1N1CCC(C2CCCO2)CC1. The van der Waals surface area contributed by atoms with Crippen molar-refractivity contribution in [2.45, 2.75) is 31.8 Å². The van der Waals surface area contributed by atoms with E-state index in [4.69, 9.17) is 16.3 Å². The van der Waals surface area contributed by atoms with Crippen LogP contribution >= 0.6 is 11.6 Å². The molecule has 1 aromatic rings. The minimum atomic E-state index is -0.354. The van der Waals surface area contributed by atoms with Crippen LogP contribution in [0.5, 0.6) is 0 Å². The summed E-state index contributed by atoms with van der Waals surface area (Å²) in [4.78, 5) is 12.9. The lowest BCUT2D eigenvalue weighted by Gasteiger charge is -2.35. The summed E-state index contributed by atoms with van der Waals surface area (Å²) in [6.07, 6.45) is 4.78. The Kier molecular flexibility index (Phi) is 4.31. The molecular formula is C15H19ClN2O3. The molecule has 0 amide bonds. The number of hydrogen-bond donors (Lipinski definition) is 0. The van der Waals surface area contributed by atoms with E-state index in [0.717, 1.165) is 45.4 Å². The standard InChI is InChI=1S/C15H19ClN2O3/c16-12-3-4-13(14(10-12)18(19)20)17-7-5-11(6-8-17)15-2-1-9-21-15/h3-4,10-11,15H,1-2,5-9H2. The van der Waals surface area contributed by atoms with E-state index < -0.39 is 0 Å². The summed E-state index contributed by atoms with van der Waals surface area (Å²) in [5.74, 6) is 0.593. The molecular weight excluding hydrogens is 292 g/mol. The highest BCUT2D eigenvalue weighted by Gasteiger charge is 2.31. The highest BCUT2D eigenvalue weighted by Crippen LogP contribution is 2.35. The zero-order chi connectivity index (χ0) is 14.8. The predicted molar refractivity (Wildman–Crippen MR) is 82.0 cm³/mol. The summed E-state index contributed by atoms with van der Waals surface area (Å²) in [7, 11) is 0. The normalized spacial score (nSPS) is 23.5. The number of rotatable bonds is 3. The van der Waals surface area contributed by atoms with E-state index in [2.05, 4.69) is 4.90 Å². The van der Waals surface area contributed by atoms with Crippen LogP contribution < -0.4 is 4.90 Å². The molecule has 114 valence electrons. The molecule has 1 unspecified atom stereocenters. The van der Waals surface area contributed by atoms with E-state index in [-0.39, 0.29) is 10.6 Å². The number of piperidine rings is 1. The highest BCUT2D eigenvalue weighted by atomic mass is 35.5. The number of halogens is 1. The fourth-order valence-corrected chi connectivity index (χ4v) is 3.56. The van der Waals surface area contributed by atoms with Crippen LogP contribution in [0.4, 0.5) is 11.4 Å². The lowest BCUT2D eigenvalue weighted by molar-refractivity contribution is -0.384. The molecule has 6 heteroatoms. The molecule has 1 atom stereocenters. The molecule has 3 rings (SSSR count). The molecule has 2 fully saturated rings. The van der Waals surface area contributed by atoms with E-state index >= 15 is 0 Å². The lowest BCUT2D eigenvalue weighted by Crippen LogP contribution is -2.37. The monoisotopic (exact) mass is 310 g/mol. The van der Waals surface area contributed by atoms with Gasteiger partial charge in [-0.2, -0.15) is 0 Å². The van der Waals surface area contributed by atoms with Crippen molar-refractivity contribution in [1.29, 1.82) is 0 Å². The largest absolute Gasteiger partial charge is 0.378 e. The molecule has 2 saturated heterocycles. The van der Waals surface area contributed by atoms with Crippen LogP contribution in [-0.2, 0) is 4.74 Å². The zero-order valence-corrected chi connectivity index (χ0v) is 12.6. The van der Waals surface area contributed by atoms with Gasteiger partial charge >= 0.3 is 0 Å². The number of benzene rings is 1. The van der Waals surface area contributed by atoms with Crippen LogP contribution in [0.15, 0.2) is 18.2 Å². The minimum Gasteiger partial charge on any atom is -0.378 e. The third-order valence-corrected chi connectivity index (χ3v) is 4.74. The van der Waals surface area contributed by atoms with E-state index in [1.54, 1.807) is 12.1 Å².